The van der Waals surface area contributed by atoms with E-state index in [1.54, 1.807) is 24.1 Å². The van der Waals surface area contributed by atoms with Gasteiger partial charge >= 0.3 is 6.01 Å². The second-order valence-corrected chi connectivity index (χ2v) is 5.81. The van der Waals surface area contributed by atoms with Gasteiger partial charge in [-0.3, -0.25) is 14.8 Å². The van der Waals surface area contributed by atoms with Crippen molar-refractivity contribution in [3.05, 3.63) is 30.4 Å². The fraction of sp³-hybridized carbons (Fsp3) is 0.294. The van der Waals surface area contributed by atoms with Crippen LogP contribution in [0.3, 0.4) is 0 Å². The molecular weight excluding hydrogens is 336 g/mol. The first kappa shape index (κ1) is 17.5. The predicted molar refractivity (Wildman–Crippen MR) is 95.3 cm³/mol. The molecule has 1 aliphatic rings. The van der Waals surface area contributed by atoms with E-state index in [1.807, 2.05) is 0 Å². The number of likely N-dealkylation sites (tertiary alicyclic amines) is 1. The molecule has 134 valence electrons. The topological polar surface area (TPSA) is 125 Å². The number of aromatic hydroxyl groups is 1. The number of aliphatic imine (C=N–C) groups is 1. The van der Waals surface area contributed by atoms with Gasteiger partial charge in [0.05, 0.1) is 29.5 Å². The molecule has 1 amide bonds. The lowest BCUT2D eigenvalue weighted by atomic mass is 10.1. The number of fused-ring (bicyclic) bond motifs is 1. The van der Waals surface area contributed by atoms with Crippen LogP contribution in [0.4, 0.5) is 0 Å². The van der Waals surface area contributed by atoms with Crippen LogP contribution < -0.4 is 4.74 Å². The highest BCUT2D eigenvalue weighted by atomic mass is 16.5. The third-order valence-electron chi connectivity index (χ3n) is 3.98. The first-order valence-corrected chi connectivity index (χ1v) is 8.05. The summed E-state index contributed by atoms with van der Waals surface area (Å²) < 4.78 is 5.41. The Balaban J connectivity index is 1.69. The summed E-state index contributed by atoms with van der Waals surface area (Å²) in [6, 6.07) is 1.49. The van der Waals surface area contributed by atoms with Gasteiger partial charge in [-0.05, 0) is 12.5 Å². The number of allylic oxidation sites excluding steroid dienone is 1. The van der Waals surface area contributed by atoms with E-state index in [-0.39, 0.29) is 29.5 Å². The molecule has 2 N–H and O–H groups in total. The van der Waals surface area contributed by atoms with E-state index >= 15 is 0 Å². The number of hydrogen-bond acceptors (Lipinski definition) is 8. The van der Waals surface area contributed by atoms with Crippen LogP contribution in [0.5, 0.6) is 11.9 Å². The van der Waals surface area contributed by atoms with Crippen LogP contribution in [0, 0.1) is 11.3 Å². The van der Waals surface area contributed by atoms with Crippen molar-refractivity contribution in [3.8, 4) is 11.9 Å². The third-order valence-corrected chi connectivity index (χ3v) is 3.98. The normalized spacial score (nSPS) is 17.8. The number of amides is 1. The molecule has 26 heavy (non-hydrogen) atoms. The van der Waals surface area contributed by atoms with Gasteiger partial charge in [0.25, 0.3) is 0 Å². The smallest absolute Gasteiger partial charge is 0.326 e. The molecule has 9 nitrogen and oxygen atoms in total. The maximum atomic E-state index is 11.3. The highest BCUT2D eigenvalue weighted by Crippen LogP contribution is 2.23. The fourth-order valence-corrected chi connectivity index (χ4v) is 2.62. The Morgan fingerprint density at radius 2 is 2.35 bits per heavy atom. The molecule has 0 saturated carbocycles. The lowest BCUT2D eigenvalue weighted by Gasteiger charge is -2.11. The number of rotatable bonds is 5. The summed E-state index contributed by atoms with van der Waals surface area (Å²) in [7, 11) is 0. The molecule has 2 aromatic heterocycles. The number of nitrogens with zero attached hydrogens (tertiary/aromatic N) is 5. The molecule has 3 rings (SSSR count). The Labute approximate surface area is 149 Å². The van der Waals surface area contributed by atoms with Gasteiger partial charge in [0.1, 0.15) is 0 Å². The zero-order chi connectivity index (χ0) is 18.5. The number of aromatic nitrogens is 3. The monoisotopic (exact) mass is 354 g/mol. The lowest BCUT2D eigenvalue weighted by Crippen LogP contribution is -2.25. The summed E-state index contributed by atoms with van der Waals surface area (Å²) in [6.45, 7) is 2.92. The minimum Gasteiger partial charge on any atom is -0.493 e. The number of ether oxygens (including phenoxy) is 1. The largest absolute Gasteiger partial charge is 0.493 e. The van der Waals surface area contributed by atoms with Crippen molar-refractivity contribution in [1.82, 2.24) is 19.9 Å². The highest BCUT2D eigenvalue weighted by molar-refractivity contribution is 5.82. The zero-order valence-corrected chi connectivity index (χ0v) is 14.2. The second kappa shape index (κ2) is 7.68. The minimum atomic E-state index is -0.226. The molecule has 1 unspecified atom stereocenters. The van der Waals surface area contributed by atoms with Gasteiger partial charge in [0.15, 0.2) is 5.76 Å². The fourth-order valence-electron chi connectivity index (χ4n) is 2.62. The maximum Gasteiger partial charge on any atom is 0.326 e. The number of pyridine rings is 1. The molecule has 0 radical (unpaired) electrons. The van der Waals surface area contributed by atoms with Crippen LogP contribution in [-0.4, -0.2) is 56.4 Å². The van der Waals surface area contributed by atoms with Gasteiger partial charge in [-0.2, -0.15) is 9.97 Å². The summed E-state index contributed by atoms with van der Waals surface area (Å²) >= 11 is 0. The molecular formula is C17H18N6O3. The Kier molecular flexibility index (Phi) is 5.16. The zero-order valence-electron chi connectivity index (χ0n) is 14.2. The van der Waals surface area contributed by atoms with Gasteiger partial charge in [0, 0.05) is 38.3 Å². The lowest BCUT2D eigenvalue weighted by molar-refractivity contribution is -0.127. The molecule has 0 spiro atoms. The van der Waals surface area contributed by atoms with Crippen LogP contribution in [0.2, 0.25) is 0 Å². The molecule has 2 aromatic rings. The molecule has 1 aliphatic heterocycles. The molecule has 1 saturated heterocycles. The Morgan fingerprint density at radius 3 is 3.08 bits per heavy atom. The molecule has 0 aromatic carbocycles. The Morgan fingerprint density at radius 1 is 1.50 bits per heavy atom. The van der Waals surface area contributed by atoms with Crippen molar-refractivity contribution in [2.45, 2.75) is 13.3 Å². The van der Waals surface area contributed by atoms with Crippen molar-refractivity contribution < 1.29 is 14.6 Å². The van der Waals surface area contributed by atoms with Gasteiger partial charge in [-0.25, -0.2) is 0 Å². The number of nitrogens with one attached hydrogen (secondary N) is 1. The average Bonchev–Trinajstić information content (AvgIpc) is 3.10. The molecule has 0 bridgehead atoms. The van der Waals surface area contributed by atoms with Crippen LogP contribution in [-0.2, 0) is 4.79 Å². The van der Waals surface area contributed by atoms with Crippen LogP contribution in [0.25, 0.3) is 10.9 Å². The Hall–Kier alpha value is -3.36. The van der Waals surface area contributed by atoms with Crippen molar-refractivity contribution >= 4 is 29.2 Å². The third kappa shape index (κ3) is 4.00. The van der Waals surface area contributed by atoms with E-state index in [0.717, 1.165) is 19.2 Å². The molecule has 0 aliphatic carbocycles. The van der Waals surface area contributed by atoms with Crippen molar-refractivity contribution in [2.75, 3.05) is 13.1 Å². The van der Waals surface area contributed by atoms with Crippen molar-refractivity contribution in [2.24, 2.45) is 10.9 Å². The number of carbonyl (C=O) groups excluding carboxylic acids is 1. The average molecular weight is 354 g/mol. The summed E-state index contributed by atoms with van der Waals surface area (Å²) in [4.78, 5) is 29.2. The van der Waals surface area contributed by atoms with Gasteiger partial charge in [-0.15, -0.1) is 0 Å². The van der Waals surface area contributed by atoms with E-state index < -0.39 is 0 Å². The van der Waals surface area contributed by atoms with Gasteiger partial charge < -0.3 is 20.2 Å². The van der Waals surface area contributed by atoms with E-state index in [2.05, 4.69) is 19.9 Å². The number of carbonyl (C=O) groups is 1. The predicted octanol–water partition coefficient (Wildman–Crippen LogP) is 1.54. The second-order valence-electron chi connectivity index (χ2n) is 5.81. The van der Waals surface area contributed by atoms with E-state index in [9.17, 15) is 9.90 Å². The van der Waals surface area contributed by atoms with Crippen molar-refractivity contribution in [1.29, 1.82) is 5.41 Å². The Bertz CT molecular complexity index is 895. The van der Waals surface area contributed by atoms with E-state index in [1.165, 1.54) is 18.6 Å². The standard InChI is InChI=1S/C17H18N6O3/c1-11(24)23-5-3-12(10-23)7-20-8-13(6-18)26-17-21-15-9-19-4-2-14(15)16(25)22-17/h2,4,6-9,12,18H,3,5,10H2,1H3,(H,21,22,25)/b13-8+,18-6?,20-7-. The maximum absolute atomic E-state index is 11.3. The quantitative estimate of drug-likeness (QED) is 0.620. The van der Waals surface area contributed by atoms with Crippen LogP contribution in [0.1, 0.15) is 13.3 Å². The molecule has 1 atom stereocenters. The highest BCUT2D eigenvalue weighted by Gasteiger charge is 2.22. The summed E-state index contributed by atoms with van der Waals surface area (Å²) in [5.74, 6) is 0.123. The van der Waals surface area contributed by atoms with E-state index in [0.29, 0.717) is 17.4 Å². The number of hydrogen-bond donors (Lipinski definition) is 2. The first-order chi connectivity index (χ1) is 12.6. The van der Waals surface area contributed by atoms with E-state index in [4.69, 9.17) is 10.1 Å². The summed E-state index contributed by atoms with van der Waals surface area (Å²) in [6.07, 6.45) is 7.94. The first-order valence-electron chi connectivity index (χ1n) is 8.05. The van der Waals surface area contributed by atoms with Gasteiger partial charge in [-0.1, -0.05) is 0 Å². The molecule has 1 fully saturated rings. The molecule has 3 heterocycles. The van der Waals surface area contributed by atoms with Gasteiger partial charge in [0.2, 0.25) is 11.8 Å². The SMILES string of the molecule is CC(=O)N1CCC(/C=N\C=C(/C=N)Oc2nc(O)c3ccncc3n2)C1. The van der Waals surface area contributed by atoms with Crippen LogP contribution >= 0.6 is 0 Å². The summed E-state index contributed by atoms with van der Waals surface area (Å²) in [5.41, 5.74) is 0.429. The summed E-state index contributed by atoms with van der Waals surface area (Å²) in [5, 5.41) is 17.8. The minimum absolute atomic E-state index is 0.0581. The van der Waals surface area contributed by atoms with Crippen LogP contribution in [0.15, 0.2) is 35.4 Å². The molecule has 9 heteroatoms. The van der Waals surface area contributed by atoms with Crippen molar-refractivity contribution in [3.63, 3.8) is 0 Å².